The van der Waals surface area contributed by atoms with Crippen LogP contribution < -0.4 is 4.74 Å². The van der Waals surface area contributed by atoms with Gasteiger partial charge in [-0.2, -0.15) is 5.10 Å². The van der Waals surface area contributed by atoms with E-state index in [9.17, 15) is 9.90 Å². The maximum atomic E-state index is 11.2. The zero-order valence-corrected chi connectivity index (χ0v) is 10.8. The van der Waals surface area contributed by atoms with Crippen LogP contribution in [0.5, 0.6) is 5.75 Å². The van der Waals surface area contributed by atoms with Crippen molar-refractivity contribution in [1.29, 1.82) is 0 Å². The van der Waals surface area contributed by atoms with Gasteiger partial charge in [-0.1, -0.05) is 6.07 Å². The largest absolute Gasteiger partial charge is 0.497 e. The van der Waals surface area contributed by atoms with Gasteiger partial charge < -0.3 is 9.84 Å². The summed E-state index contributed by atoms with van der Waals surface area (Å²) in [5.74, 6) is -0.193. The van der Waals surface area contributed by atoms with Crippen LogP contribution in [0.2, 0.25) is 0 Å². The van der Waals surface area contributed by atoms with Crippen molar-refractivity contribution in [2.24, 2.45) is 0 Å². The third-order valence-electron chi connectivity index (χ3n) is 3.16. The lowest BCUT2D eigenvalue weighted by Gasteiger charge is -2.05. The number of carbonyl (C=O) groups is 1. The van der Waals surface area contributed by atoms with E-state index in [1.807, 2.05) is 30.3 Å². The molecule has 0 aliphatic carbocycles. The minimum Gasteiger partial charge on any atom is -0.497 e. The molecule has 3 aromatic rings. The van der Waals surface area contributed by atoms with Crippen LogP contribution in [-0.2, 0) is 0 Å². The van der Waals surface area contributed by atoms with Gasteiger partial charge in [0, 0.05) is 5.39 Å². The van der Waals surface area contributed by atoms with Crippen molar-refractivity contribution in [1.82, 2.24) is 9.78 Å². The molecule has 1 aromatic heterocycles. The number of carboxylic acids is 1. The number of methoxy groups -OCH3 is 1. The Kier molecular flexibility index (Phi) is 2.87. The van der Waals surface area contributed by atoms with Crippen LogP contribution in [0.25, 0.3) is 16.6 Å². The highest BCUT2D eigenvalue weighted by molar-refractivity contribution is 6.02. The van der Waals surface area contributed by atoms with E-state index in [1.165, 1.54) is 0 Å². The molecule has 5 nitrogen and oxygen atoms in total. The Morgan fingerprint density at radius 1 is 1.20 bits per heavy atom. The number of ether oxygens (including phenoxy) is 1. The first-order chi connectivity index (χ1) is 9.70. The van der Waals surface area contributed by atoms with E-state index < -0.39 is 5.97 Å². The van der Waals surface area contributed by atoms with E-state index in [2.05, 4.69) is 5.10 Å². The Balaban J connectivity index is 2.17. The van der Waals surface area contributed by atoms with Gasteiger partial charge >= 0.3 is 5.97 Å². The number of rotatable bonds is 3. The predicted octanol–water partition coefficient (Wildman–Crippen LogP) is 2.73. The maximum Gasteiger partial charge on any atom is 0.336 e. The summed E-state index contributed by atoms with van der Waals surface area (Å²) in [5.41, 5.74) is 1.86. The highest BCUT2D eigenvalue weighted by Gasteiger charge is 2.12. The zero-order valence-electron chi connectivity index (χ0n) is 10.8. The summed E-state index contributed by atoms with van der Waals surface area (Å²) < 4.78 is 6.83. The molecule has 20 heavy (non-hydrogen) atoms. The number of nitrogens with zero attached hydrogens (tertiary/aromatic N) is 2. The van der Waals surface area contributed by atoms with Crippen LogP contribution in [0, 0.1) is 0 Å². The third kappa shape index (κ3) is 1.89. The summed E-state index contributed by atoms with van der Waals surface area (Å²) >= 11 is 0. The average Bonchev–Trinajstić information content (AvgIpc) is 2.91. The van der Waals surface area contributed by atoms with Crippen molar-refractivity contribution in [2.75, 3.05) is 7.11 Å². The van der Waals surface area contributed by atoms with Gasteiger partial charge in [-0.3, -0.25) is 0 Å². The van der Waals surface area contributed by atoms with Gasteiger partial charge in [0.15, 0.2) is 0 Å². The molecular weight excluding hydrogens is 256 g/mol. The van der Waals surface area contributed by atoms with Crippen LogP contribution in [-0.4, -0.2) is 28.0 Å². The van der Waals surface area contributed by atoms with E-state index in [0.29, 0.717) is 5.39 Å². The lowest BCUT2D eigenvalue weighted by atomic mass is 10.1. The lowest BCUT2D eigenvalue weighted by molar-refractivity contribution is 0.0699. The summed E-state index contributed by atoms with van der Waals surface area (Å²) in [6.45, 7) is 0. The Bertz CT molecular complexity index is 775. The van der Waals surface area contributed by atoms with Gasteiger partial charge in [0.05, 0.1) is 30.1 Å². The van der Waals surface area contributed by atoms with Crippen molar-refractivity contribution in [3.05, 3.63) is 54.2 Å². The smallest absolute Gasteiger partial charge is 0.336 e. The van der Waals surface area contributed by atoms with E-state index in [0.717, 1.165) is 17.0 Å². The van der Waals surface area contributed by atoms with E-state index in [4.69, 9.17) is 4.74 Å². The second-order valence-electron chi connectivity index (χ2n) is 4.30. The second-order valence-corrected chi connectivity index (χ2v) is 4.30. The first-order valence-electron chi connectivity index (χ1n) is 6.05. The highest BCUT2D eigenvalue weighted by Crippen LogP contribution is 2.23. The first-order valence-corrected chi connectivity index (χ1v) is 6.05. The molecule has 3 rings (SSSR count). The predicted molar refractivity (Wildman–Crippen MR) is 74.6 cm³/mol. The molecule has 0 saturated carbocycles. The zero-order chi connectivity index (χ0) is 14.1. The van der Waals surface area contributed by atoms with Crippen LogP contribution in [0.1, 0.15) is 10.4 Å². The summed E-state index contributed by atoms with van der Waals surface area (Å²) in [7, 11) is 1.61. The Morgan fingerprint density at radius 3 is 2.60 bits per heavy atom. The molecule has 0 radical (unpaired) electrons. The molecule has 1 heterocycles. The Hall–Kier alpha value is -2.82. The summed E-state index contributed by atoms with van der Waals surface area (Å²) in [4.78, 5) is 11.2. The highest BCUT2D eigenvalue weighted by atomic mass is 16.5. The van der Waals surface area contributed by atoms with Crippen LogP contribution in [0.15, 0.2) is 48.7 Å². The molecular formula is C15H12N2O3. The Labute approximate surface area is 115 Å². The molecule has 0 spiro atoms. The Morgan fingerprint density at radius 2 is 1.95 bits per heavy atom. The van der Waals surface area contributed by atoms with Crippen molar-refractivity contribution < 1.29 is 14.6 Å². The van der Waals surface area contributed by atoms with Crippen LogP contribution in [0.3, 0.4) is 0 Å². The number of aromatic carboxylic acids is 1. The van der Waals surface area contributed by atoms with Gasteiger partial charge in [0.1, 0.15) is 5.75 Å². The van der Waals surface area contributed by atoms with Gasteiger partial charge in [-0.25, -0.2) is 9.48 Å². The molecule has 0 saturated heterocycles. The standard InChI is InChI=1S/C15H12N2O3/c1-20-11-7-5-10(6-8-11)17-14-4-2-3-12(15(18)19)13(14)9-16-17/h2-9H,1H3,(H,18,19). The van der Waals surface area contributed by atoms with Gasteiger partial charge in [0.25, 0.3) is 0 Å². The molecule has 0 amide bonds. The van der Waals surface area contributed by atoms with Crippen LogP contribution >= 0.6 is 0 Å². The fourth-order valence-electron chi connectivity index (χ4n) is 2.17. The fourth-order valence-corrected chi connectivity index (χ4v) is 2.17. The van der Waals surface area contributed by atoms with E-state index in [-0.39, 0.29) is 5.56 Å². The molecule has 0 atom stereocenters. The molecule has 0 aliphatic rings. The van der Waals surface area contributed by atoms with Crippen molar-refractivity contribution in [3.8, 4) is 11.4 Å². The molecule has 0 fully saturated rings. The van der Waals surface area contributed by atoms with Crippen LogP contribution in [0.4, 0.5) is 0 Å². The quantitative estimate of drug-likeness (QED) is 0.793. The summed E-state index contributed by atoms with van der Waals surface area (Å²) in [6, 6.07) is 12.6. The molecule has 100 valence electrons. The summed E-state index contributed by atoms with van der Waals surface area (Å²) in [6.07, 6.45) is 1.57. The number of hydrogen-bond donors (Lipinski definition) is 1. The number of aromatic nitrogens is 2. The van der Waals surface area contributed by atoms with Gasteiger partial charge in [0.2, 0.25) is 0 Å². The van der Waals surface area contributed by atoms with Gasteiger partial charge in [-0.15, -0.1) is 0 Å². The molecule has 1 N–H and O–H groups in total. The fraction of sp³-hybridized carbons (Fsp3) is 0.0667. The topological polar surface area (TPSA) is 64.4 Å². The number of hydrogen-bond acceptors (Lipinski definition) is 3. The molecule has 0 bridgehead atoms. The van der Waals surface area contributed by atoms with Gasteiger partial charge in [-0.05, 0) is 36.4 Å². The summed E-state index contributed by atoms with van der Waals surface area (Å²) in [5, 5.41) is 14.1. The SMILES string of the molecule is COc1ccc(-n2ncc3c(C(=O)O)cccc32)cc1. The first kappa shape index (κ1) is 12.2. The monoisotopic (exact) mass is 268 g/mol. The molecule has 0 aliphatic heterocycles. The third-order valence-corrected chi connectivity index (χ3v) is 3.16. The van der Waals surface area contributed by atoms with Crippen molar-refractivity contribution >= 4 is 16.9 Å². The maximum absolute atomic E-state index is 11.2. The van der Waals surface area contributed by atoms with E-state index in [1.54, 1.807) is 30.1 Å². The number of fused-ring (bicyclic) bond motifs is 1. The minimum atomic E-state index is -0.954. The second kappa shape index (κ2) is 4.70. The molecule has 2 aromatic carbocycles. The van der Waals surface area contributed by atoms with Crippen molar-refractivity contribution in [3.63, 3.8) is 0 Å². The normalized spacial score (nSPS) is 10.7. The number of carboxylic acid groups (broad SMARTS) is 1. The van der Waals surface area contributed by atoms with Crippen molar-refractivity contribution in [2.45, 2.75) is 0 Å². The lowest BCUT2D eigenvalue weighted by Crippen LogP contribution is -1.98. The average molecular weight is 268 g/mol. The van der Waals surface area contributed by atoms with E-state index >= 15 is 0 Å². The number of benzene rings is 2. The molecule has 5 heteroatoms. The minimum absolute atomic E-state index is 0.252. The molecule has 0 unspecified atom stereocenters.